The van der Waals surface area contributed by atoms with Crippen LogP contribution in [0.15, 0.2) is 34.9 Å². The zero-order valence-electron chi connectivity index (χ0n) is 10.9. The number of oxazole rings is 1. The average molecular weight is 246 g/mol. The fourth-order valence-corrected chi connectivity index (χ4v) is 1.79. The Hall–Kier alpha value is -1.81. The van der Waals surface area contributed by atoms with Crippen molar-refractivity contribution in [3.63, 3.8) is 0 Å². The van der Waals surface area contributed by atoms with E-state index in [1.807, 2.05) is 31.2 Å². The smallest absolute Gasteiger partial charge is 0.211 e. The van der Waals surface area contributed by atoms with Crippen molar-refractivity contribution in [1.29, 1.82) is 0 Å². The van der Waals surface area contributed by atoms with Crippen LogP contribution in [0.5, 0.6) is 5.75 Å². The molecule has 2 aromatic rings. The molecule has 1 heterocycles. The molecule has 0 fully saturated rings. The lowest BCUT2D eigenvalue weighted by atomic mass is 10.2. The van der Waals surface area contributed by atoms with Crippen LogP contribution in [-0.2, 0) is 0 Å². The van der Waals surface area contributed by atoms with Crippen LogP contribution in [-0.4, -0.2) is 18.6 Å². The highest BCUT2D eigenvalue weighted by molar-refractivity contribution is 5.58. The minimum atomic E-state index is 0.120. The molecule has 0 saturated heterocycles. The number of hydrogen-bond donors (Lipinski definition) is 1. The molecule has 18 heavy (non-hydrogen) atoms. The first kappa shape index (κ1) is 12.6. The maximum absolute atomic E-state index is 5.75. The van der Waals surface area contributed by atoms with Gasteiger partial charge in [0.25, 0.3) is 0 Å². The van der Waals surface area contributed by atoms with E-state index in [1.165, 1.54) is 0 Å². The van der Waals surface area contributed by atoms with Gasteiger partial charge in [-0.1, -0.05) is 19.1 Å². The largest absolute Gasteiger partial charge is 0.497 e. The Kier molecular flexibility index (Phi) is 3.99. The van der Waals surface area contributed by atoms with Crippen molar-refractivity contribution in [1.82, 2.24) is 10.3 Å². The average Bonchev–Trinajstić information content (AvgIpc) is 2.89. The number of nitrogens with zero attached hydrogens (tertiary/aromatic N) is 1. The molecule has 1 N–H and O–H groups in total. The summed E-state index contributed by atoms with van der Waals surface area (Å²) in [4.78, 5) is 4.30. The summed E-state index contributed by atoms with van der Waals surface area (Å²) in [5.41, 5.74) is 0.969. The van der Waals surface area contributed by atoms with E-state index in [2.05, 4.69) is 17.2 Å². The fraction of sp³-hybridized carbons (Fsp3) is 0.357. The number of rotatable bonds is 5. The van der Waals surface area contributed by atoms with E-state index in [0.717, 1.165) is 23.6 Å². The van der Waals surface area contributed by atoms with E-state index in [9.17, 15) is 0 Å². The molecule has 96 valence electrons. The molecule has 0 aliphatic heterocycles. The van der Waals surface area contributed by atoms with Gasteiger partial charge in [0.15, 0.2) is 5.76 Å². The quantitative estimate of drug-likeness (QED) is 0.881. The molecule has 0 saturated carbocycles. The summed E-state index contributed by atoms with van der Waals surface area (Å²) < 4.78 is 10.9. The minimum Gasteiger partial charge on any atom is -0.497 e. The summed E-state index contributed by atoms with van der Waals surface area (Å²) in [6.07, 6.45) is 1.75. The third-order valence-electron chi connectivity index (χ3n) is 2.76. The summed E-state index contributed by atoms with van der Waals surface area (Å²) in [6, 6.07) is 7.87. The van der Waals surface area contributed by atoms with Gasteiger partial charge in [-0.3, -0.25) is 0 Å². The van der Waals surface area contributed by atoms with Gasteiger partial charge in [-0.15, -0.1) is 0 Å². The molecule has 1 atom stereocenters. The van der Waals surface area contributed by atoms with Crippen molar-refractivity contribution in [3.05, 3.63) is 36.4 Å². The number of nitrogens with one attached hydrogen (secondary N) is 1. The predicted molar refractivity (Wildman–Crippen MR) is 70.6 cm³/mol. The molecule has 2 rings (SSSR count). The Morgan fingerprint density at radius 2 is 2.28 bits per heavy atom. The van der Waals surface area contributed by atoms with Gasteiger partial charge in [-0.25, -0.2) is 4.98 Å². The molecular formula is C14H18N2O2. The first-order chi connectivity index (χ1) is 8.74. The monoisotopic (exact) mass is 246 g/mol. The molecule has 4 nitrogen and oxygen atoms in total. The van der Waals surface area contributed by atoms with Gasteiger partial charge in [-0.2, -0.15) is 0 Å². The lowest BCUT2D eigenvalue weighted by molar-refractivity contribution is 0.414. The molecule has 1 aromatic heterocycles. The topological polar surface area (TPSA) is 47.3 Å². The third kappa shape index (κ3) is 2.71. The first-order valence-corrected chi connectivity index (χ1v) is 6.08. The summed E-state index contributed by atoms with van der Waals surface area (Å²) in [6.45, 7) is 4.98. The van der Waals surface area contributed by atoms with Crippen LogP contribution in [0, 0.1) is 0 Å². The highest BCUT2D eigenvalue weighted by Crippen LogP contribution is 2.25. The lowest BCUT2D eigenvalue weighted by Gasteiger charge is -2.07. The second-order valence-corrected chi connectivity index (χ2v) is 4.07. The zero-order valence-corrected chi connectivity index (χ0v) is 10.9. The molecule has 0 aliphatic rings. The van der Waals surface area contributed by atoms with Crippen molar-refractivity contribution < 1.29 is 9.15 Å². The Labute approximate surface area is 107 Å². The number of methoxy groups -OCH3 is 1. The maximum Gasteiger partial charge on any atom is 0.211 e. The molecule has 0 bridgehead atoms. The molecule has 0 radical (unpaired) electrons. The Balaban J connectivity index is 2.23. The number of aromatic nitrogens is 1. The van der Waals surface area contributed by atoms with Gasteiger partial charge < -0.3 is 14.5 Å². The predicted octanol–water partition coefficient (Wildman–Crippen LogP) is 3.02. The molecule has 4 heteroatoms. The summed E-state index contributed by atoms with van der Waals surface area (Å²) in [5, 5.41) is 3.27. The highest BCUT2D eigenvalue weighted by Gasteiger charge is 2.12. The first-order valence-electron chi connectivity index (χ1n) is 6.08. The van der Waals surface area contributed by atoms with Crippen LogP contribution >= 0.6 is 0 Å². The molecular weight excluding hydrogens is 228 g/mol. The van der Waals surface area contributed by atoms with Crippen molar-refractivity contribution in [2.45, 2.75) is 19.9 Å². The van der Waals surface area contributed by atoms with E-state index in [-0.39, 0.29) is 6.04 Å². The van der Waals surface area contributed by atoms with Crippen molar-refractivity contribution in [3.8, 4) is 17.1 Å². The van der Waals surface area contributed by atoms with Gasteiger partial charge in [0, 0.05) is 5.56 Å². The summed E-state index contributed by atoms with van der Waals surface area (Å²) in [7, 11) is 1.65. The molecule has 0 amide bonds. The second-order valence-electron chi connectivity index (χ2n) is 4.07. The van der Waals surface area contributed by atoms with Crippen molar-refractivity contribution in [2.75, 3.05) is 13.7 Å². The highest BCUT2D eigenvalue weighted by atomic mass is 16.5. The van der Waals surface area contributed by atoms with Gasteiger partial charge in [0.05, 0.1) is 19.3 Å². The Morgan fingerprint density at radius 1 is 1.44 bits per heavy atom. The van der Waals surface area contributed by atoms with Crippen LogP contribution in [0.2, 0.25) is 0 Å². The molecule has 0 spiro atoms. The molecule has 0 aliphatic carbocycles. The second kappa shape index (κ2) is 5.69. The third-order valence-corrected chi connectivity index (χ3v) is 2.76. The van der Waals surface area contributed by atoms with E-state index in [0.29, 0.717) is 5.89 Å². The van der Waals surface area contributed by atoms with E-state index in [4.69, 9.17) is 9.15 Å². The number of ether oxygens (including phenoxy) is 1. The standard InChI is InChI=1S/C14H18N2O2/c1-4-15-10(2)14-16-9-13(18-14)11-6-5-7-12(8-11)17-3/h5-10,15H,4H2,1-3H3. The molecule has 1 unspecified atom stereocenters. The van der Waals surface area contributed by atoms with Gasteiger partial charge >= 0.3 is 0 Å². The molecule has 1 aromatic carbocycles. The fourth-order valence-electron chi connectivity index (χ4n) is 1.79. The number of benzene rings is 1. The zero-order chi connectivity index (χ0) is 13.0. The normalized spacial score (nSPS) is 12.4. The van der Waals surface area contributed by atoms with Crippen LogP contribution < -0.4 is 10.1 Å². The lowest BCUT2D eigenvalue weighted by Crippen LogP contribution is -2.17. The summed E-state index contributed by atoms with van der Waals surface area (Å²) >= 11 is 0. The van der Waals surface area contributed by atoms with Crippen LogP contribution in [0.1, 0.15) is 25.8 Å². The van der Waals surface area contributed by atoms with E-state index < -0.39 is 0 Å². The van der Waals surface area contributed by atoms with Gasteiger partial charge in [0.1, 0.15) is 5.75 Å². The minimum absolute atomic E-state index is 0.120. The van der Waals surface area contributed by atoms with E-state index >= 15 is 0 Å². The van der Waals surface area contributed by atoms with Gasteiger partial charge in [0.2, 0.25) is 5.89 Å². The Morgan fingerprint density at radius 3 is 3.00 bits per heavy atom. The van der Waals surface area contributed by atoms with E-state index in [1.54, 1.807) is 13.3 Å². The number of hydrogen-bond acceptors (Lipinski definition) is 4. The van der Waals surface area contributed by atoms with Crippen LogP contribution in [0.4, 0.5) is 0 Å². The SMILES string of the molecule is CCNC(C)c1ncc(-c2cccc(OC)c2)o1. The van der Waals surface area contributed by atoms with Crippen molar-refractivity contribution >= 4 is 0 Å². The summed E-state index contributed by atoms with van der Waals surface area (Å²) in [5.74, 6) is 2.27. The van der Waals surface area contributed by atoms with Gasteiger partial charge in [-0.05, 0) is 25.6 Å². The maximum atomic E-state index is 5.75. The van der Waals surface area contributed by atoms with Crippen LogP contribution in [0.25, 0.3) is 11.3 Å². The van der Waals surface area contributed by atoms with Crippen LogP contribution in [0.3, 0.4) is 0 Å². The Bertz CT molecular complexity index is 508. The van der Waals surface area contributed by atoms with Crippen molar-refractivity contribution in [2.24, 2.45) is 0 Å².